The van der Waals surface area contributed by atoms with Crippen LogP contribution in [0.25, 0.3) is 49.1 Å². The van der Waals surface area contributed by atoms with Crippen molar-refractivity contribution in [3.8, 4) is 0 Å². The molecule has 13 nitrogen and oxygen atoms in total. The molecule has 2 aliphatic rings. The van der Waals surface area contributed by atoms with Gasteiger partial charge in [0.15, 0.2) is 27.8 Å². The smallest absolute Gasteiger partial charge is 0.407 e. The van der Waals surface area contributed by atoms with Crippen LogP contribution >= 0.6 is 0 Å². The van der Waals surface area contributed by atoms with Crippen molar-refractivity contribution < 1.29 is 27.9 Å². The summed E-state index contributed by atoms with van der Waals surface area (Å²) in [4.78, 5) is 71.7. The summed E-state index contributed by atoms with van der Waals surface area (Å²) in [5.74, 6) is -1.39. The molecule has 2 fully saturated rings. The molecule has 0 spiro atoms. The van der Waals surface area contributed by atoms with Crippen LogP contribution in [-0.4, -0.2) is 85.4 Å². The maximum absolute atomic E-state index is 16.5. The minimum Gasteiger partial charge on any atom is -0.451 e. The molecule has 2 saturated heterocycles. The van der Waals surface area contributed by atoms with E-state index in [1.54, 1.807) is 54.3 Å². The van der Waals surface area contributed by atoms with Gasteiger partial charge in [-0.2, -0.15) is 0 Å². The third kappa shape index (κ3) is 6.38. The second-order valence-corrected chi connectivity index (χ2v) is 15.0. The molecule has 4 heterocycles. The number of carbonyl (C=O) groups is 2. The number of anilines is 1. The highest BCUT2D eigenvalue weighted by atomic mass is 19.1. The fourth-order valence-electron chi connectivity index (χ4n) is 7.63. The van der Waals surface area contributed by atoms with Crippen LogP contribution in [0, 0.1) is 5.82 Å². The predicted molar refractivity (Wildman–Crippen MR) is 204 cm³/mol. The number of nitrogens with one attached hydrogen (secondary N) is 2. The fourth-order valence-corrected chi connectivity index (χ4v) is 7.63. The van der Waals surface area contributed by atoms with Crippen molar-refractivity contribution in [1.29, 1.82) is 0 Å². The molecule has 280 valence electrons. The van der Waals surface area contributed by atoms with Crippen LogP contribution in [0.5, 0.6) is 0 Å². The maximum Gasteiger partial charge on any atom is 0.407 e. The topological polar surface area (TPSA) is 152 Å². The number of hydrogen-bond donors (Lipinski definition) is 2. The zero-order valence-corrected chi connectivity index (χ0v) is 30.3. The molecule has 4 aromatic carbocycles. The first-order valence-electron chi connectivity index (χ1n) is 18.2. The number of rotatable bonds is 7. The van der Waals surface area contributed by atoms with Gasteiger partial charge >= 0.3 is 6.09 Å². The highest BCUT2D eigenvalue weighted by Gasteiger charge is 2.32. The van der Waals surface area contributed by atoms with Crippen LogP contribution < -0.4 is 31.8 Å². The Kier molecular flexibility index (Phi) is 8.97. The molecule has 8 rings (SSSR count). The highest BCUT2D eigenvalue weighted by Crippen LogP contribution is 2.38. The van der Waals surface area contributed by atoms with Gasteiger partial charge in [-0.25, -0.2) is 9.18 Å². The second-order valence-electron chi connectivity index (χ2n) is 15.0. The zero-order chi connectivity index (χ0) is 37.9. The third-order valence-electron chi connectivity index (χ3n) is 10.2. The molecule has 1 atom stereocenters. The zero-order valence-electron chi connectivity index (χ0n) is 30.3. The van der Waals surface area contributed by atoms with Gasteiger partial charge in [-0.3, -0.25) is 24.1 Å². The fraction of sp³-hybridized carbons (Fsp3) is 0.375. The predicted octanol–water partition coefficient (Wildman–Crippen LogP) is 4.36. The molecular formula is C40H40FN5O8. The lowest BCUT2D eigenvalue weighted by Crippen LogP contribution is -2.40. The van der Waals surface area contributed by atoms with Crippen LogP contribution in [0.2, 0.25) is 0 Å². The van der Waals surface area contributed by atoms with E-state index in [0.717, 1.165) is 25.7 Å². The van der Waals surface area contributed by atoms with Crippen LogP contribution in [-0.2, 0) is 9.47 Å². The Balaban J connectivity index is 1.27. The van der Waals surface area contributed by atoms with Gasteiger partial charge in [0, 0.05) is 60.5 Å². The number of hydrogen-bond acceptors (Lipinski definition) is 10. The lowest BCUT2D eigenvalue weighted by atomic mass is 10.0. The SMILES string of the molecule is CC(C)(C)OC(=O)NC1CCN(c2c(F)cc3c(=O)c(C(=O)NCCCN4CCOCC4)cn4c5cc6c(=O)c7ccccc7c(=O)c6cc5oc2c34)C1. The molecular weight excluding hydrogens is 697 g/mol. The Morgan fingerprint density at radius 3 is 2.33 bits per heavy atom. The van der Waals surface area contributed by atoms with Crippen LogP contribution in [0.15, 0.2) is 67.5 Å². The van der Waals surface area contributed by atoms with E-state index in [0.29, 0.717) is 44.7 Å². The molecule has 2 amide bonds. The second kappa shape index (κ2) is 13.7. The number of fused-ring (bicyclic) bond motifs is 4. The van der Waals surface area contributed by atoms with E-state index in [2.05, 4.69) is 15.5 Å². The summed E-state index contributed by atoms with van der Waals surface area (Å²) in [5, 5.41) is 6.39. The number of carbonyl (C=O) groups excluding carboxylic acids is 2. The van der Waals surface area contributed by atoms with Gasteiger partial charge in [0.2, 0.25) is 5.43 Å². The Morgan fingerprint density at radius 1 is 0.926 bits per heavy atom. The van der Waals surface area contributed by atoms with Crippen molar-refractivity contribution in [3.63, 3.8) is 0 Å². The highest BCUT2D eigenvalue weighted by molar-refractivity contribution is 6.08. The van der Waals surface area contributed by atoms with Crippen molar-refractivity contribution >= 4 is 66.8 Å². The van der Waals surface area contributed by atoms with Gasteiger partial charge in [-0.1, -0.05) is 24.3 Å². The summed E-state index contributed by atoms with van der Waals surface area (Å²) in [6, 6.07) is 10.3. The number of benzene rings is 4. The van der Waals surface area contributed by atoms with Crippen molar-refractivity contribution in [2.24, 2.45) is 0 Å². The molecule has 2 N–H and O–H groups in total. The molecule has 0 radical (unpaired) electrons. The van der Waals surface area contributed by atoms with E-state index in [1.807, 2.05) is 0 Å². The first-order valence-corrected chi connectivity index (χ1v) is 18.2. The first-order chi connectivity index (χ1) is 25.9. The maximum atomic E-state index is 16.5. The lowest BCUT2D eigenvalue weighted by molar-refractivity contribution is 0.0374. The summed E-state index contributed by atoms with van der Waals surface area (Å²) in [7, 11) is 0. The first kappa shape index (κ1) is 35.4. The Hall–Kier alpha value is -5.60. The van der Waals surface area contributed by atoms with Crippen molar-refractivity contribution in [2.45, 2.75) is 45.3 Å². The minimum atomic E-state index is -0.760. The Morgan fingerprint density at radius 2 is 1.63 bits per heavy atom. The Labute approximate surface area is 307 Å². The van der Waals surface area contributed by atoms with Crippen molar-refractivity contribution in [3.05, 3.63) is 90.7 Å². The Bertz CT molecular complexity index is 2660. The van der Waals surface area contributed by atoms with Gasteiger partial charge < -0.3 is 33.8 Å². The average molecular weight is 738 g/mol. The van der Waals surface area contributed by atoms with Gasteiger partial charge in [0.05, 0.1) is 30.2 Å². The van der Waals surface area contributed by atoms with Gasteiger partial charge in [-0.05, 0) is 58.4 Å². The quantitative estimate of drug-likeness (QED) is 0.137. The van der Waals surface area contributed by atoms with E-state index in [1.165, 1.54) is 18.3 Å². The van der Waals surface area contributed by atoms with Gasteiger partial charge in [-0.15, -0.1) is 0 Å². The third-order valence-corrected chi connectivity index (χ3v) is 10.2. The number of ether oxygens (including phenoxy) is 2. The summed E-state index contributed by atoms with van der Waals surface area (Å²) < 4.78 is 35.3. The van der Waals surface area contributed by atoms with Gasteiger partial charge in [0.1, 0.15) is 22.4 Å². The molecule has 2 aromatic heterocycles. The van der Waals surface area contributed by atoms with Crippen molar-refractivity contribution in [1.82, 2.24) is 19.9 Å². The van der Waals surface area contributed by atoms with E-state index >= 15 is 4.39 Å². The summed E-state index contributed by atoms with van der Waals surface area (Å²) >= 11 is 0. The van der Waals surface area contributed by atoms with Crippen LogP contribution in [0.3, 0.4) is 0 Å². The number of pyridine rings is 1. The molecule has 1 unspecified atom stereocenters. The van der Waals surface area contributed by atoms with Gasteiger partial charge in [0.25, 0.3) is 5.91 Å². The molecule has 14 heteroatoms. The molecule has 54 heavy (non-hydrogen) atoms. The van der Waals surface area contributed by atoms with Crippen molar-refractivity contribution in [2.75, 3.05) is 57.4 Å². The number of nitrogens with zero attached hydrogens (tertiary/aromatic N) is 3. The summed E-state index contributed by atoms with van der Waals surface area (Å²) in [5.41, 5.74) is -1.61. The summed E-state index contributed by atoms with van der Waals surface area (Å²) in [6.07, 6.45) is 1.93. The molecule has 6 aromatic rings. The van der Waals surface area contributed by atoms with E-state index in [-0.39, 0.29) is 78.3 Å². The summed E-state index contributed by atoms with van der Waals surface area (Å²) in [6.45, 7) is 9.84. The number of halogens is 1. The molecule has 0 aliphatic carbocycles. The van der Waals surface area contributed by atoms with E-state index in [4.69, 9.17) is 13.9 Å². The number of amides is 2. The largest absolute Gasteiger partial charge is 0.451 e. The molecule has 2 aliphatic heterocycles. The lowest BCUT2D eigenvalue weighted by Gasteiger charge is -2.26. The van der Waals surface area contributed by atoms with E-state index in [9.17, 15) is 24.0 Å². The number of morpholine rings is 1. The monoisotopic (exact) mass is 737 g/mol. The van der Waals surface area contributed by atoms with Crippen LogP contribution in [0.4, 0.5) is 14.9 Å². The van der Waals surface area contributed by atoms with E-state index < -0.39 is 28.8 Å². The minimum absolute atomic E-state index is 0.0138. The average Bonchev–Trinajstić information content (AvgIpc) is 3.59. The normalized spacial score (nSPS) is 17.0. The molecule has 0 saturated carbocycles. The number of aromatic nitrogens is 1. The van der Waals surface area contributed by atoms with Crippen LogP contribution in [0.1, 0.15) is 44.0 Å². The molecule has 0 bridgehead atoms. The number of alkyl carbamates (subject to hydrolysis) is 1. The standard InChI is InChI=1S/C40H40FN5O8/c1-40(2,3)54-39(51)43-22-9-12-45(20-22)33-29(41)17-27-32-37(33)53-31-19-26-25(34(47)23-7-4-5-8-24(23)35(26)48)18-30(31)46(32)21-28(36(27)49)38(50)42-10-6-11-44-13-15-52-16-14-44/h4-5,7-8,17-19,21-22H,6,9-16,20H2,1-3H3,(H,42,50)(H,43,51).